The summed E-state index contributed by atoms with van der Waals surface area (Å²) in [6, 6.07) is 9.30. The number of halogens is 2. The largest absolute Gasteiger partial charge is 0.321 e. The zero-order chi connectivity index (χ0) is 19.2. The number of thioether (sulfide) groups is 1. The highest BCUT2D eigenvalue weighted by molar-refractivity contribution is 7.99. The number of rotatable bonds is 7. The summed E-state index contributed by atoms with van der Waals surface area (Å²) in [7, 11) is 2.15. The molecule has 146 valence electrons. The van der Waals surface area contributed by atoms with Crippen molar-refractivity contribution in [1.29, 1.82) is 0 Å². The van der Waals surface area contributed by atoms with Gasteiger partial charge >= 0.3 is 0 Å². The maximum Gasteiger partial charge on any atom is 0.288 e. The molecular weight excluding hydrogens is 388 g/mol. The van der Waals surface area contributed by atoms with Crippen LogP contribution in [0.1, 0.15) is 15.2 Å². The second kappa shape index (κ2) is 9.64. The first-order chi connectivity index (χ1) is 13.0. The zero-order valence-corrected chi connectivity index (χ0v) is 16.8. The topological polar surface area (TPSA) is 35.6 Å². The predicted octanol–water partition coefficient (Wildman–Crippen LogP) is 4.11. The van der Waals surface area contributed by atoms with Gasteiger partial charge in [0, 0.05) is 43.3 Å². The van der Waals surface area contributed by atoms with Gasteiger partial charge in [0.25, 0.3) is 11.7 Å². The molecule has 0 saturated carbocycles. The van der Waals surface area contributed by atoms with E-state index in [1.165, 1.54) is 16.9 Å². The Labute approximate surface area is 166 Å². The molecule has 4 nitrogen and oxygen atoms in total. The normalized spacial score (nSPS) is 16.0. The van der Waals surface area contributed by atoms with Crippen LogP contribution < -0.4 is 5.32 Å². The number of anilines is 1. The van der Waals surface area contributed by atoms with Crippen LogP contribution in [0.5, 0.6) is 0 Å². The monoisotopic (exact) mass is 411 g/mol. The van der Waals surface area contributed by atoms with E-state index in [1.54, 1.807) is 11.4 Å². The van der Waals surface area contributed by atoms with E-state index in [0.29, 0.717) is 27.2 Å². The minimum Gasteiger partial charge on any atom is -0.321 e. The average Bonchev–Trinajstić information content (AvgIpc) is 3.10. The van der Waals surface area contributed by atoms with Crippen LogP contribution in [-0.2, 0) is 6.42 Å². The van der Waals surface area contributed by atoms with Crippen molar-refractivity contribution in [3.63, 3.8) is 0 Å². The number of benzene rings is 1. The van der Waals surface area contributed by atoms with E-state index < -0.39 is 5.76 Å². The molecule has 8 heteroatoms. The van der Waals surface area contributed by atoms with Crippen molar-refractivity contribution in [2.24, 2.45) is 0 Å². The number of thiophene rings is 1. The molecule has 2 aromatic rings. The van der Waals surface area contributed by atoms with Gasteiger partial charge < -0.3 is 15.1 Å². The molecule has 0 spiro atoms. The number of hydrogen-bond acceptors (Lipinski definition) is 5. The van der Waals surface area contributed by atoms with E-state index in [4.69, 9.17) is 0 Å². The van der Waals surface area contributed by atoms with Crippen molar-refractivity contribution >= 4 is 34.7 Å². The summed E-state index contributed by atoms with van der Waals surface area (Å²) in [6.07, 6.45) is 0.970. The van der Waals surface area contributed by atoms with Gasteiger partial charge in [0.05, 0.1) is 0 Å². The van der Waals surface area contributed by atoms with Crippen LogP contribution in [0.3, 0.4) is 0 Å². The van der Waals surface area contributed by atoms with Crippen molar-refractivity contribution in [1.82, 2.24) is 9.80 Å². The molecular formula is C19H23F2N3OS2. The molecule has 1 aromatic carbocycles. The lowest BCUT2D eigenvalue weighted by Gasteiger charge is -2.32. The fourth-order valence-electron chi connectivity index (χ4n) is 2.95. The Morgan fingerprint density at radius 3 is 2.56 bits per heavy atom. The van der Waals surface area contributed by atoms with Crippen LogP contribution in [0.25, 0.3) is 0 Å². The molecule has 1 saturated heterocycles. The lowest BCUT2D eigenvalue weighted by molar-refractivity contribution is 0.102. The molecule has 1 aliphatic rings. The van der Waals surface area contributed by atoms with Crippen LogP contribution in [0.2, 0.25) is 0 Å². The summed E-state index contributed by atoms with van der Waals surface area (Å²) in [5.74, 6) is -2.89. The van der Waals surface area contributed by atoms with Crippen LogP contribution in [0.15, 0.2) is 40.6 Å². The Balaban J connectivity index is 1.51. The Kier molecular flexibility index (Phi) is 7.23. The van der Waals surface area contributed by atoms with E-state index in [-0.39, 0.29) is 5.91 Å². The first-order valence-corrected chi connectivity index (χ1v) is 10.6. The van der Waals surface area contributed by atoms with E-state index in [9.17, 15) is 13.6 Å². The predicted molar refractivity (Wildman–Crippen MR) is 108 cm³/mol. The Morgan fingerprint density at radius 2 is 1.89 bits per heavy atom. The molecule has 1 amide bonds. The molecule has 0 radical (unpaired) electrons. The molecule has 2 heterocycles. The maximum atomic E-state index is 12.6. The van der Waals surface area contributed by atoms with Gasteiger partial charge in [-0.15, -0.1) is 11.3 Å². The van der Waals surface area contributed by atoms with Crippen molar-refractivity contribution < 1.29 is 13.6 Å². The number of nitrogens with zero attached hydrogens (tertiary/aromatic N) is 2. The Bertz CT molecular complexity index is 744. The second-order valence-corrected chi connectivity index (χ2v) is 8.49. The Morgan fingerprint density at radius 1 is 1.19 bits per heavy atom. The maximum absolute atomic E-state index is 12.6. The molecule has 0 aliphatic carbocycles. The average molecular weight is 412 g/mol. The molecule has 0 bridgehead atoms. The lowest BCUT2D eigenvalue weighted by atomic mass is 10.1. The summed E-state index contributed by atoms with van der Waals surface area (Å²) in [5.41, 5.74) is 1.89. The van der Waals surface area contributed by atoms with E-state index >= 15 is 0 Å². The van der Waals surface area contributed by atoms with Crippen molar-refractivity contribution in [3.8, 4) is 0 Å². The third-order valence-electron chi connectivity index (χ3n) is 4.58. The van der Waals surface area contributed by atoms with Crippen LogP contribution in [-0.4, -0.2) is 61.2 Å². The van der Waals surface area contributed by atoms with Gasteiger partial charge in [0.1, 0.15) is 4.88 Å². The summed E-state index contributed by atoms with van der Waals surface area (Å²) in [5, 5.41) is 4.45. The number of carbonyl (C=O) groups is 1. The zero-order valence-electron chi connectivity index (χ0n) is 15.2. The molecule has 3 rings (SSSR count). The third kappa shape index (κ3) is 6.00. The van der Waals surface area contributed by atoms with E-state index in [1.807, 2.05) is 24.3 Å². The SMILES string of the molecule is CN1CCN(CCc2ccc(NC(=O)c3sccc3SC(F)F)cc2)CC1. The van der Waals surface area contributed by atoms with Crippen LogP contribution >= 0.6 is 23.1 Å². The highest BCUT2D eigenvalue weighted by Crippen LogP contribution is 2.32. The number of amides is 1. The fourth-order valence-corrected chi connectivity index (χ4v) is 4.55. The third-order valence-corrected chi connectivity index (χ3v) is 6.39. The molecule has 1 aliphatic heterocycles. The standard InChI is InChI=1S/C19H23F2N3OS2/c1-23-9-11-24(12-10-23)8-6-14-2-4-15(5-3-14)22-18(25)17-16(7-13-26-17)27-19(20)21/h2-5,7,13,19H,6,8-12H2,1H3,(H,22,25). The second-order valence-electron chi connectivity index (χ2n) is 6.54. The number of carbonyl (C=O) groups excluding carboxylic acids is 1. The van der Waals surface area contributed by atoms with Crippen molar-refractivity contribution in [2.45, 2.75) is 17.1 Å². The highest BCUT2D eigenvalue weighted by atomic mass is 32.2. The van der Waals surface area contributed by atoms with Gasteiger partial charge in [0.15, 0.2) is 0 Å². The van der Waals surface area contributed by atoms with Gasteiger partial charge in [-0.25, -0.2) is 0 Å². The first kappa shape index (κ1) is 20.3. The number of alkyl halides is 2. The van der Waals surface area contributed by atoms with Crippen molar-refractivity contribution in [2.75, 3.05) is 45.1 Å². The number of hydrogen-bond donors (Lipinski definition) is 1. The van der Waals surface area contributed by atoms with Crippen LogP contribution in [0.4, 0.5) is 14.5 Å². The number of likely N-dealkylation sites (N-methyl/N-ethyl adjacent to an activating group) is 1. The molecule has 1 fully saturated rings. The lowest BCUT2D eigenvalue weighted by Crippen LogP contribution is -2.45. The Hall–Kier alpha value is -1.48. The van der Waals surface area contributed by atoms with Gasteiger partial charge in [-0.2, -0.15) is 8.78 Å². The minimum atomic E-state index is -2.54. The van der Waals surface area contributed by atoms with Gasteiger partial charge in [-0.1, -0.05) is 23.9 Å². The van der Waals surface area contributed by atoms with E-state index in [0.717, 1.165) is 39.1 Å². The van der Waals surface area contributed by atoms with Gasteiger partial charge in [0.2, 0.25) is 0 Å². The van der Waals surface area contributed by atoms with Gasteiger partial charge in [-0.3, -0.25) is 4.79 Å². The summed E-state index contributed by atoms with van der Waals surface area (Å²) in [6.45, 7) is 5.46. The van der Waals surface area contributed by atoms with Crippen molar-refractivity contribution in [3.05, 3.63) is 46.2 Å². The summed E-state index contributed by atoms with van der Waals surface area (Å²) in [4.78, 5) is 17.8. The summed E-state index contributed by atoms with van der Waals surface area (Å²) < 4.78 is 25.1. The molecule has 1 aromatic heterocycles. The van der Waals surface area contributed by atoms with E-state index in [2.05, 4.69) is 22.2 Å². The highest BCUT2D eigenvalue weighted by Gasteiger charge is 2.17. The fraction of sp³-hybridized carbons (Fsp3) is 0.421. The molecule has 1 N–H and O–H groups in total. The number of nitrogens with one attached hydrogen (secondary N) is 1. The molecule has 0 unspecified atom stereocenters. The first-order valence-electron chi connectivity index (χ1n) is 8.85. The smallest absolute Gasteiger partial charge is 0.288 e. The van der Waals surface area contributed by atoms with Crippen LogP contribution in [0, 0.1) is 0 Å². The molecule has 0 atom stereocenters. The van der Waals surface area contributed by atoms with Gasteiger partial charge in [-0.05, 0) is 42.6 Å². The molecule has 27 heavy (non-hydrogen) atoms. The number of piperazine rings is 1. The quantitative estimate of drug-likeness (QED) is 0.696. The minimum absolute atomic E-state index is 0.316. The summed E-state index contributed by atoms with van der Waals surface area (Å²) >= 11 is 1.57.